The van der Waals surface area contributed by atoms with Gasteiger partial charge in [0.25, 0.3) is 11.8 Å². The second-order valence-corrected chi connectivity index (χ2v) is 13.0. The number of hydrogen-bond donors (Lipinski definition) is 4. The number of fused-ring (bicyclic) bond motifs is 1. The third-order valence-electron chi connectivity index (χ3n) is 9.08. The molecule has 12 heteroatoms. The number of amides is 3. The summed E-state index contributed by atoms with van der Waals surface area (Å²) in [4.78, 5) is 45.4. The van der Waals surface area contributed by atoms with Gasteiger partial charge in [0.05, 0.1) is 42.8 Å². The van der Waals surface area contributed by atoms with Crippen LogP contribution in [0.4, 0.5) is 17.1 Å². The number of benzene rings is 3. The van der Waals surface area contributed by atoms with E-state index in [-0.39, 0.29) is 36.4 Å². The smallest absolute Gasteiger partial charge is 0.258 e. The van der Waals surface area contributed by atoms with Gasteiger partial charge in [0, 0.05) is 62.9 Å². The number of nitrogens with two attached hydrogens (primary N) is 1. The molecule has 0 aliphatic carbocycles. The van der Waals surface area contributed by atoms with E-state index in [2.05, 4.69) is 20.4 Å². The molecule has 3 aromatic rings. The number of hydrogen-bond acceptors (Lipinski definition) is 9. The third-order valence-corrected chi connectivity index (χ3v) is 9.08. The molecule has 3 aromatic carbocycles. The Hall–Kier alpha value is -4.49. The SMILES string of the molecule is C[C@@H]1CN([C@@H](C)CO)C(=O)c2cc(NC(=O)CCN3CCOCC3)ccc2O[C@@H]1CN(C)Cc1ccc(C(=O)Nc2ccccc2N)cc1. The summed E-state index contributed by atoms with van der Waals surface area (Å²) in [5.74, 6) is -0.233. The highest BCUT2D eigenvalue weighted by atomic mass is 16.5. The number of aliphatic hydroxyl groups excluding tert-OH is 1. The quantitative estimate of drug-likeness (QED) is 0.212. The molecule has 0 aromatic heterocycles. The predicted molar refractivity (Wildman–Crippen MR) is 190 cm³/mol. The Kier molecular flexibility index (Phi) is 12.2. The van der Waals surface area contributed by atoms with Gasteiger partial charge in [0.2, 0.25) is 5.91 Å². The number of para-hydroxylation sites is 2. The van der Waals surface area contributed by atoms with Gasteiger partial charge in [0.15, 0.2) is 0 Å². The second-order valence-electron chi connectivity index (χ2n) is 13.0. The van der Waals surface area contributed by atoms with Crippen molar-refractivity contribution in [2.45, 2.75) is 39.0 Å². The summed E-state index contributed by atoms with van der Waals surface area (Å²) in [6, 6.07) is 19.3. The van der Waals surface area contributed by atoms with Gasteiger partial charge in [-0.25, -0.2) is 0 Å². The van der Waals surface area contributed by atoms with Crippen molar-refractivity contribution in [1.82, 2.24) is 14.7 Å². The van der Waals surface area contributed by atoms with Gasteiger partial charge in [-0.2, -0.15) is 0 Å². The van der Waals surface area contributed by atoms with E-state index < -0.39 is 6.04 Å². The first-order valence-corrected chi connectivity index (χ1v) is 16.9. The van der Waals surface area contributed by atoms with Crippen LogP contribution in [-0.2, 0) is 16.1 Å². The first-order valence-electron chi connectivity index (χ1n) is 16.9. The largest absolute Gasteiger partial charge is 0.488 e. The highest BCUT2D eigenvalue weighted by Gasteiger charge is 2.33. The Labute approximate surface area is 288 Å². The molecule has 0 spiro atoms. The Morgan fingerprint density at radius 3 is 2.51 bits per heavy atom. The molecule has 49 heavy (non-hydrogen) atoms. The lowest BCUT2D eigenvalue weighted by Gasteiger charge is -2.38. The molecule has 1 saturated heterocycles. The number of aliphatic hydroxyl groups is 1. The van der Waals surface area contributed by atoms with Crippen molar-refractivity contribution in [3.63, 3.8) is 0 Å². The normalized spacial score (nSPS) is 19.0. The molecule has 5 N–H and O–H groups in total. The van der Waals surface area contributed by atoms with Gasteiger partial charge in [0.1, 0.15) is 11.9 Å². The highest BCUT2D eigenvalue weighted by molar-refractivity contribution is 6.05. The summed E-state index contributed by atoms with van der Waals surface area (Å²) >= 11 is 0. The van der Waals surface area contributed by atoms with Crippen LogP contribution < -0.4 is 21.1 Å². The zero-order valence-electron chi connectivity index (χ0n) is 28.6. The van der Waals surface area contributed by atoms with Gasteiger partial charge in [-0.05, 0) is 62.0 Å². The number of carbonyl (C=O) groups excluding carboxylic acids is 3. The molecule has 3 amide bonds. The average molecular weight is 673 g/mol. The fourth-order valence-corrected chi connectivity index (χ4v) is 6.08. The van der Waals surface area contributed by atoms with Crippen molar-refractivity contribution in [3.05, 3.63) is 83.4 Å². The van der Waals surface area contributed by atoms with E-state index in [0.717, 1.165) is 18.7 Å². The Morgan fingerprint density at radius 2 is 1.80 bits per heavy atom. The third kappa shape index (κ3) is 9.57. The maximum atomic E-state index is 13.8. The molecule has 0 radical (unpaired) electrons. The van der Waals surface area contributed by atoms with Gasteiger partial charge >= 0.3 is 0 Å². The first kappa shape index (κ1) is 35.8. The van der Waals surface area contributed by atoms with Crippen molar-refractivity contribution in [2.24, 2.45) is 5.92 Å². The van der Waals surface area contributed by atoms with Crippen LogP contribution in [0.1, 0.15) is 46.5 Å². The molecule has 262 valence electrons. The van der Waals surface area contributed by atoms with Crippen molar-refractivity contribution >= 4 is 34.8 Å². The fraction of sp³-hybridized carbons (Fsp3) is 0.432. The number of ether oxygens (including phenoxy) is 2. The zero-order chi connectivity index (χ0) is 34.9. The molecule has 0 saturated carbocycles. The number of rotatable bonds is 12. The minimum absolute atomic E-state index is 0.0513. The fourth-order valence-electron chi connectivity index (χ4n) is 6.08. The van der Waals surface area contributed by atoms with E-state index in [1.54, 1.807) is 47.4 Å². The average Bonchev–Trinajstić information content (AvgIpc) is 3.10. The van der Waals surface area contributed by atoms with E-state index >= 15 is 0 Å². The lowest BCUT2D eigenvalue weighted by Crippen LogP contribution is -2.49. The van der Waals surface area contributed by atoms with E-state index in [0.29, 0.717) is 79.8 Å². The van der Waals surface area contributed by atoms with Crippen LogP contribution in [0.5, 0.6) is 5.75 Å². The first-order chi connectivity index (χ1) is 23.6. The number of nitrogens with one attached hydrogen (secondary N) is 2. The molecule has 0 unspecified atom stereocenters. The van der Waals surface area contributed by atoms with Gasteiger partial charge in [-0.3, -0.25) is 24.2 Å². The van der Waals surface area contributed by atoms with Gasteiger partial charge < -0.3 is 35.8 Å². The van der Waals surface area contributed by atoms with Crippen LogP contribution in [0.25, 0.3) is 0 Å². The summed E-state index contributed by atoms with van der Waals surface area (Å²) < 4.78 is 11.9. The van der Waals surface area contributed by atoms with E-state index in [1.807, 2.05) is 45.2 Å². The lowest BCUT2D eigenvalue weighted by atomic mass is 9.99. The molecule has 3 atom stereocenters. The van der Waals surface area contributed by atoms with E-state index in [9.17, 15) is 19.5 Å². The standard InChI is InChI=1S/C37H48N6O6/c1-25-21-43(26(2)24-44)37(47)30-20-29(39-35(45)14-15-42-16-18-48-19-17-42)12-13-33(30)49-34(25)23-41(3)22-27-8-10-28(11-9-27)36(46)40-32-7-5-4-6-31(32)38/h4-13,20,25-26,34,44H,14-19,21-24,38H2,1-3H3,(H,39,45)(H,40,46)/t25-,26+,34-/m1/s1. The van der Waals surface area contributed by atoms with Crippen molar-refractivity contribution < 1.29 is 29.0 Å². The summed E-state index contributed by atoms with van der Waals surface area (Å²) in [7, 11) is 2.00. The predicted octanol–water partition coefficient (Wildman–Crippen LogP) is 3.53. The number of nitrogen functional groups attached to an aromatic ring is 1. The summed E-state index contributed by atoms with van der Waals surface area (Å²) in [6.45, 7) is 8.86. The van der Waals surface area contributed by atoms with Crippen molar-refractivity contribution in [1.29, 1.82) is 0 Å². The Morgan fingerprint density at radius 1 is 1.06 bits per heavy atom. The molecule has 2 aliphatic heterocycles. The van der Waals surface area contributed by atoms with Crippen LogP contribution >= 0.6 is 0 Å². The number of likely N-dealkylation sites (N-methyl/N-ethyl adjacent to an activating group) is 1. The van der Waals surface area contributed by atoms with Crippen LogP contribution in [0.15, 0.2) is 66.7 Å². The van der Waals surface area contributed by atoms with Crippen LogP contribution in [0.2, 0.25) is 0 Å². The molecule has 12 nitrogen and oxygen atoms in total. The Bertz CT molecular complexity index is 1590. The van der Waals surface area contributed by atoms with Gasteiger partial charge in [-0.1, -0.05) is 31.2 Å². The molecule has 5 rings (SSSR count). The van der Waals surface area contributed by atoms with Crippen LogP contribution in [0, 0.1) is 5.92 Å². The topological polar surface area (TPSA) is 150 Å². The van der Waals surface area contributed by atoms with Crippen LogP contribution in [-0.4, -0.2) is 109 Å². The number of morpholine rings is 1. The number of carbonyl (C=O) groups is 3. The van der Waals surface area contributed by atoms with Crippen LogP contribution in [0.3, 0.4) is 0 Å². The maximum absolute atomic E-state index is 13.8. The minimum atomic E-state index is -0.403. The molecule has 0 bridgehead atoms. The Balaban J connectivity index is 1.25. The van der Waals surface area contributed by atoms with Crippen molar-refractivity contribution in [3.8, 4) is 5.75 Å². The van der Waals surface area contributed by atoms with E-state index in [4.69, 9.17) is 15.2 Å². The molecule has 2 heterocycles. The highest BCUT2D eigenvalue weighted by Crippen LogP contribution is 2.31. The zero-order valence-corrected chi connectivity index (χ0v) is 28.6. The summed E-state index contributed by atoms with van der Waals surface area (Å²) in [6.07, 6.45) is 0.0560. The van der Waals surface area contributed by atoms with Gasteiger partial charge in [-0.15, -0.1) is 0 Å². The monoisotopic (exact) mass is 672 g/mol. The summed E-state index contributed by atoms with van der Waals surface area (Å²) in [5, 5.41) is 15.8. The minimum Gasteiger partial charge on any atom is -0.488 e. The summed E-state index contributed by atoms with van der Waals surface area (Å²) in [5.41, 5.74) is 9.46. The molecule has 1 fully saturated rings. The second kappa shape index (κ2) is 16.8. The molecular weight excluding hydrogens is 624 g/mol. The van der Waals surface area contributed by atoms with Crippen molar-refractivity contribution in [2.75, 3.05) is 76.0 Å². The number of nitrogens with zero attached hydrogens (tertiary/aromatic N) is 3. The molecule has 2 aliphatic rings. The maximum Gasteiger partial charge on any atom is 0.258 e. The number of anilines is 3. The lowest BCUT2D eigenvalue weighted by molar-refractivity contribution is -0.116. The molecular formula is C37H48N6O6. The van der Waals surface area contributed by atoms with E-state index in [1.165, 1.54) is 0 Å².